The van der Waals surface area contributed by atoms with Crippen molar-refractivity contribution in [1.82, 2.24) is 19.7 Å². The first-order chi connectivity index (χ1) is 11.6. The summed E-state index contributed by atoms with van der Waals surface area (Å²) < 4.78 is 1.86. The Labute approximate surface area is 142 Å². The van der Waals surface area contributed by atoms with E-state index in [1.54, 1.807) is 6.20 Å². The molecule has 0 spiro atoms. The molecule has 3 aromatic heterocycles. The lowest BCUT2D eigenvalue weighted by atomic mass is 10.1. The molecule has 1 atom stereocenters. The maximum absolute atomic E-state index is 4.47. The molecule has 0 bridgehead atoms. The van der Waals surface area contributed by atoms with E-state index < -0.39 is 0 Å². The molecule has 24 heavy (non-hydrogen) atoms. The van der Waals surface area contributed by atoms with Crippen LogP contribution in [0.5, 0.6) is 0 Å². The number of hydrogen-bond acceptors (Lipinski definition) is 5. The Morgan fingerprint density at radius 1 is 1.08 bits per heavy atom. The van der Waals surface area contributed by atoms with Crippen molar-refractivity contribution in [2.24, 2.45) is 0 Å². The molecule has 6 nitrogen and oxygen atoms in total. The van der Waals surface area contributed by atoms with Crippen LogP contribution >= 0.6 is 0 Å². The van der Waals surface area contributed by atoms with E-state index in [0.717, 1.165) is 28.6 Å². The first kappa shape index (κ1) is 16.0. The van der Waals surface area contributed by atoms with E-state index in [0.29, 0.717) is 0 Å². The van der Waals surface area contributed by atoms with E-state index in [1.807, 2.05) is 66.4 Å². The summed E-state index contributed by atoms with van der Waals surface area (Å²) in [6, 6.07) is 9.94. The summed E-state index contributed by atoms with van der Waals surface area (Å²) in [5, 5.41) is 7.90. The monoisotopic (exact) mass is 322 g/mol. The molecular formula is C18H22N6. The highest BCUT2D eigenvalue weighted by molar-refractivity contribution is 5.49. The Bertz CT molecular complexity index is 792. The van der Waals surface area contributed by atoms with Crippen LogP contribution in [0.25, 0.3) is 5.82 Å². The number of rotatable bonds is 5. The molecule has 6 heteroatoms. The molecule has 0 fully saturated rings. The van der Waals surface area contributed by atoms with Crippen molar-refractivity contribution in [1.29, 1.82) is 0 Å². The zero-order chi connectivity index (χ0) is 17.1. The quantitative estimate of drug-likeness (QED) is 0.781. The molecule has 0 saturated carbocycles. The fourth-order valence-electron chi connectivity index (χ4n) is 2.59. The largest absolute Gasteiger partial charge is 0.376 e. The Hall–Kier alpha value is -2.89. The third-order valence-corrected chi connectivity index (χ3v) is 4.01. The highest BCUT2D eigenvalue weighted by Crippen LogP contribution is 2.23. The minimum absolute atomic E-state index is 0.0974. The summed E-state index contributed by atoms with van der Waals surface area (Å²) in [6.45, 7) is 4.16. The van der Waals surface area contributed by atoms with Gasteiger partial charge in [0, 0.05) is 31.5 Å². The van der Waals surface area contributed by atoms with Gasteiger partial charge in [0.05, 0.1) is 24.1 Å². The Morgan fingerprint density at radius 3 is 2.54 bits per heavy atom. The molecule has 3 aromatic rings. The molecule has 0 aromatic carbocycles. The van der Waals surface area contributed by atoms with Crippen LogP contribution in [-0.2, 0) is 0 Å². The fourth-order valence-corrected chi connectivity index (χ4v) is 2.59. The first-order valence-corrected chi connectivity index (χ1v) is 7.92. The molecule has 3 heterocycles. The molecule has 0 aliphatic rings. The molecule has 0 amide bonds. The molecule has 3 rings (SSSR count). The van der Waals surface area contributed by atoms with E-state index in [1.165, 1.54) is 0 Å². The maximum atomic E-state index is 4.47. The van der Waals surface area contributed by atoms with E-state index >= 15 is 0 Å². The summed E-state index contributed by atoms with van der Waals surface area (Å²) in [7, 11) is 4.00. The number of nitrogens with zero attached hydrogens (tertiary/aromatic N) is 5. The second-order valence-corrected chi connectivity index (χ2v) is 5.95. The van der Waals surface area contributed by atoms with Crippen LogP contribution in [0.3, 0.4) is 0 Å². The van der Waals surface area contributed by atoms with Crippen molar-refractivity contribution in [3.63, 3.8) is 0 Å². The summed E-state index contributed by atoms with van der Waals surface area (Å²) in [6.07, 6.45) is 5.52. The first-order valence-electron chi connectivity index (χ1n) is 7.92. The van der Waals surface area contributed by atoms with E-state index in [2.05, 4.69) is 34.2 Å². The summed E-state index contributed by atoms with van der Waals surface area (Å²) in [5.74, 6) is 1.67. The van der Waals surface area contributed by atoms with Gasteiger partial charge in [-0.2, -0.15) is 5.10 Å². The summed E-state index contributed by atoms with van der Waals surface area (Å²) in [5.41, 5.74) is 3.27. The average Bonchev–Trinajstić information content (AvgIpc) is 2.98. The van der Waals surface area contributed by atoms with Gasteiger partial charge in [-0.05, 0) is 38.1 Å². The predicted octanol–water partition coefficient (Wildman–Crippen LogP) is 3.21. The van der Waals surface area contributed by atoms with Crippen LogP contribution in [0.4, 0.5) is 11.5 Å². The molecule has 0 aliphatic carbocycles. The van der Waals surface area contributed by atoms with Gasteiger partial charge in [0.25, 0.3) is 0 Å². The Kier molecular flexibility index (Phi) is 4.46. The van der Waals surface area contributed by atoms with Gasteiger partial charge in [0.2, 0.25) is 0 Å². The summed E-state index contributed by atoms with van der Waals surface area (Å²) in [4.78, 5) is 10.9. The van der Waals surface area contributed by atoms with Gasteiger partial charge in [-0.1, -0.05) is 6.07 Å². The topological polar surface area (TPSA) is 58.9 Å². The van der Waals surface area contributed by atoms with Crippen LogP contribution < -0.4 is 10.2 Å². The number of anilines is 2. The molecule has 0 unspecified atom stereocenters. The minimum atomic E-state index is 0.0974. The third-order valence-electron chi connectivity index (χ3n) is 4.01. The van der Waals surface area contributed by atoms with Crippen LogP contribution in [0, 0.1) is 6.92 Å². The van der Waals surface area contributed by atoms with Crippen LogP contribution in [0.2, 0.25) is 0 Å². The van der Waals surface area contributed by atoms with Crippen molar-refractivity contribution in [2.45, 2.75) is 19.9 Å². The molecule has 0 aliphatic heterocycles. The third kappa shape index (κ3) is 3.22. The van der Waals surface area contributed by atoms with E-state index in [9.17, 15) is 0 Å². The molecular weight excluding hydrogens is 300 g/mol. The number of pyridine rings is 2. The standard InChI is InChI=1S/C18H22N6/c1-13(22-17-9-8-15(11-20-17)23(3)4)16-12-21-24(14(16)2)18-7-5-6-10-19-18/h5-13H,1-4H3,(H,20,22)/t13-/m0/s1. The van der Waals surface area contributed by atoms with Crippen molar-refractivity contribution in [2.75, 3.05) is 24.3 Å². The number of hydrogen-bond donors (Lipinski definition) is 1. The van der Waals surface area contributed by atoms with Gasteiger partial charge >= 0.3 is 0 Å². The van der Waals surface area contributed by atoms with E-state index in [-0.39, 0.29) is 6.04 Å². The Balaban J connectivity index is 1.78. The van der Waals surface area contributed by atoms with E-state index in [4.69, 9.17) is 0 Å². The smallest absolute Gasteiger partial charge is 0.153 e. The van der Waals surface area contributed by atoms with Crippen molar-refractivity contribution in [3.8, 4) is 5.82 Å². The van der Waals surface area contributed by atoms with Crippen LogP contribution in [0.1, 0.15) is 24.2 Å². The lowest BCUT2D eigenvalue weighted by Crippen LogP contribution is -2.11. The van der Waals surface area contributed by atoms with Crippen molar-refractivity contribution in [3.05, 3.63) is 60.2 Å². The minimum Gasteiger partial charge on any atom is -0.376 e. The zero-order valence-electron chi connectivity index (χ0n) is 14.4. The fraction of sp³-hybridized carbons (Fsp3) is 0.278. The normalized spacial score (nSPS) is 12.0. The van der Waals surface area contributed by atoms with Gasteiger partial charge in [-0.15, -0.1) is 0 Å². The molecule has 124 valence electrons. The second kappa shape index (κ2) is 6.70. The number of nitrogens with one attached hydrogen (secondary N) is 1. The van der Waals surface area contributed by atoms with Gasteiger partial charge < -0.3 is 10.2 Å². The van der Waals surface area contributed by atoms with Gasteiger partial charge in [0.15, 0.2) is 5.82 Å². The lowest BCUT2D eigenvalue weighted by Gasteiger charge is -2.16. The summed E-state index contributed by atoms with van der Waals surface area (Å²) >= 11 is 0. The highest BCUT2D eigenvalue weighted by Gasteiger charge is 2.15. The number of aromatic nitrogens is 4. The van der Waals surface area contributed by atoms with Gasteiger partial charge in [0.1, 0.15) is 5.82 Å². The van der Waals surface area contributed by atoms with Crippen LogP contribution in [0.15, 0.2) is 48.9 Å². The molecule has 0 saturated heterocycles. The highest BCUT2D eigenvalue weighted by atomic mass is 15.3. The second-order valence-electron chi connectivity index (χ2n) is 5.95. The average molecular weight is 322 g/mol. The van der Waals surface area contributed by atoms with Crippen molar-refractivity contribution >= 4 is 11.5 Å². The Morgan fingerprint density at radius 2 is 1.92 bits per heavy atom. The molecule has 0 radical (unpaired) electrons. The molecule has 1 N–H and O–H groups in total. The maximum Gasteiger partial charge on any atom is 0.153 e. The zero-order valence-corrected chi connectivity index (χ0v) is 14.4. The van der Waals surface area contributed by atoms with Crippen LogP contribution in [-0.4, -0.2) is 33.8 Å². The lowest BCUT2D eigenvalue weighted by molar-refractivity contribution is 0.805. The van der Waals surface area contributed by atoms with Gasteiger partial charge in [-0.25, -0.2) is 14.6 Å². The SMILES string of the molecule is Cc1c([C@H](C)Nc2ccc(N(C)C)cn2)cnn1-c1ccccn1. The predicted molar refractivity (Wildman–Crippen MR) is 96.7 cm³/mol. The van der Waals surface area contributed by atoms with Gasteiger partial charge in [-0.3, -0.25) is 0 Å². The van der Waals surface area contributed by atoms with Crippen molar-refractivity contribution < 1.29 is 0 Å².